The van der Waals surface area contributed by atoms with Gasteiger partial charge in [0.15, 0.2) is 5.82 Å². The van der Waals surface area contributed by atoms with Gasteiger partial charge in [0.2, 0.25) is 0 Å². The van der Waals surface area contributed by atoms with Gasteiger partial charge in [-0.2, -0.15) is 4.98 Å². The van der Waals surface area contributed by atoms with Crippen LogP contribution in [0.4, 0.5) is 4.39 Å². The van der Waals surface area contributed by atoms with Crippen LogP contribution in [0.1, 0.15) is 18.1 Å². The lowest BCUT2D eigenvalue weighted by Gasteiger charge is -1.96. The molecule has 0 amide bonds. The molecule has 0 aliphatic rings. The van der Waals surface area contributed by atoms with Crippen LogP contribution in [0.2, 0.25) is 5.02 Å². The van der Waals surface area contributed by atoms with Crippen molar-refractivity contribution in [2.24, 2.45) is 0 Å². The van der Waals surface area contributed by atoms with E-state index < -0.39 is 5.82 Å². The molecule has 0 aliphatic carbocycles. The lowest BCUT2D eigenvalue weighted by molar-refractivity contribution is 0.422. The van der Waals surface area contributed by atoms with Gasteiger partial charge < -0.3 is 4.52 Å². The largest absolute Gasteiger partial charge is 0.334 e. The van der Waals surface area contributed by atoms with Crippen molar-refractivity contribution in [1.29, 1.82) is 0 Å². The standard InChI is InChI=1S/C10H7Cl2FN2O/c1-5(11)9-14-10(16-15-9)6-2-3-7(12)8(13)4-6/h2-5H,1H3. The zero-order valence-corrected chi connectivity index (χ0v) is 9.76. The summed E-state index contributed by atoms with van der Waals surface area (Å²) >= 11 is 11.3. The van der Waals surface area contributed by atoms with Crippen LogP contribution in [0, 0.1) is 5.82 Å². The molecule has 0 bridgehead atoms. The van der Waals surface area contributed by atoms with E-state index in [9.17, 15) is 4.39 Å². The molecular weight excluding hydrogens is 254 g/mol. The van der Waals surface area contributed by atoms with E-state index in [1.54, 1.807) is 13.0 Å². The average molecular weight is 261 g/mol. The minimum absolute atomic E-state index is 0.0502. The molecule has 16 heavy (non-hydrogen) atoms. The number of halogens is 3. The Bertz CT molecular complexity index is 513. The monoisotopic (exact) mass is 260 g/mol. The molecule has 0 fully saturated rings. The lowest BCUT2D eigenvalue weighted by Crippen LogP contribution is -1.87. The van der Waals surface area contributed by atoms with Crippen molar-refractivity contribution >= 4 is 23.2 Å². The number of alkyl halides is 1. The fraction of sp³-hybridized carbons (Fsp3) is 0.200. The molecule has 3 nitrogen and oxygen atoms in total. The quantitative estimate of drug-likeness (QED) is 0.771. The molecule has 1 aromatic heterocycles. The highest BCUT2D eigenvalue weighted by Gasteiger charge is 2.13. The summed E-state index contributed by atoms with van der Waals surface area (Å²) in [6, 6.07) is 4.26. The van der Waals surface area contributed by atoms with Crippen LogP contribution in [0.3, 0.4) is 0 Å². The smallest absolute Gasteiger partial charge is 0.258 e. The molecule has 1 heterocycles. The average Bonchev–Trinajstić information content (AvgIpc) is 2.71. The molecule has 0 saturated carbocycles. The van der Waals surface area contributed by atoms with E-state index in [0.717, 1.165) is 0 Å². The van der Waals surface area contributed by atoms with Crippen LogP contribution in [-0.4, -0.2) is 10.1 Å². The van der Waals surface area contributed by atoms with Crippen molar-refractivity contribution in [3.63, 3.8) is 0 Å². The van der Waals surface area contributed by atoms with Gasteiger partial charge in [0.05, 0.1) is 10.4 Å². The topological polar surface area (TPSA) is 38.9 Å². The fourth-order valence-electron chi connectivity index (χ4n) is 1.14. The number of hydrogen-bond acceptors (Lipinski definition) is 3. The summed E-state index contributed by atoms with van der Waals surface area (Å²) in [5.74, 6) is 0.0583. The molecule has 0 N–H and O–H groups in total. The minimum atomic E-state index is -0.530. The van der Waals surface area contributed by atoms with Crippen molar-refractivity contribution in [3.05, 3.63) is 34.9 Å². The maximum Gasteiger partial charge on any atom is 0.258 e. The summed E-state index contributed by atoms with van der Waals surface area (Å²) < 4.78 is 18.1. The Hall–Kier alpha value is -1.13. The summed E-state index contributed by atoms with van der Waals surface area (Å²) in [5, 5.41) is 3.37. The molecule has 2 rings (SSSR count). The van der Waals surface area contributed by atoms with Crippen LogP contribution in [0.25, 0.3) is 11.5 Å². The second kappa shape index (κ2) is 4.39. The fourth-order valence-corrected chi connectivity index (χ4v) is 1.35. The lowest BCUT2D eigenvalue weighted by atomic mass is 10.2. The number of benzene rings is 1. The normalized spacial score (nSPS) is 12.8. The third-order valence-corrected chi connectivity index (χ3v) is 2.47. The van der Waals surface area contributed by atoms with Gasteiger partial charge in [0.25, 0.3) is 5.89 Å². The second-order valence-electron chi connectivity index (χ2n) is 3.20. The molecule has 0 saturated heterocycles. The summed E-state index contributed by atoms with van der Waals surface area (Å²) in [6.45, 7) is 1.72. The van der Waals surface area contributed by atoms with Crippen LogP contribution >= 0.6 is 23.2 Å². The van der Waals surface area contributed by atoms with Crippen molar-refractivity contribution in [2.75, 3.05) is 0 Å². The van der Waals surface area contributed by atoms with Crippen LogP contribution < -0.4 is 0 Å². The molecule has 1 aromatic carbocycles. The number of rotatable bonds is 2. The van der Waals surface area contributed by atoms with Crippen molar-refractivity contribution < 1.29 is 8.91 Å². The van der Waals surface area contributed by atoms with E-state index >= 15 is 0 Å². The molecule has 84 valence electrons. The Balaban J connectivity index is 2.39. The van der Waals surface area contributed by atoms with Crippen molar-refractivity contribution in [3.8, 4) is 11.5 Å². The zero-order valence-electron chi connectivity index (χ0n) is 8.25. The predicted octanol–water partition coefficient (Wildman–Crippen LogP) is 3.83. The Morgan fingerprint density at radius 1 is 1.44 bits per heavy atom. The van der Waals surface area contributed by atoms with Gasteiger partial charge in [-0.25, -0.2) is 4.39 Å². The third kappa shape index (κ3) is 2.18. The molecule has 0 radical (unpaired) electrons. The molecule has 6 heteroatoms. The first-order chi connectivity index (χ1) is 7.58. The predicted molar refractivity (Wildman–Crippen MR) is 59.0 cm³/mol. The van der Waals surface area contributed by atoms with E-state index in [2.05, 4.69) is 10.1 Å². The SMILES string of the molecule is CC(Cl)c1noc(-c2ccc(Cl)c(F)c2)n1. The Labute approximate surface area is 101 Å². The van der Waals surface area contributed by atoms with Gasteiger partial charge in [-0.1, -0.05) is 16.8 Å². The Morgan fingerprint density at radius 2 is 2.19 bits per heavy atom. The summed E-state index contributed by atoms with van der Waals surface area (Å²) in [7, 11) is 0. The first-order valence-corrected chi connectivity index (χ1v) is 5.32. The first-order valence-electron chi connectivity index (χ1n) is 4.51. The minimum Gasteiger partial charge on any atom is -0.334 e. The molecule has 1 atom stereocenters. The Morgan fingerprint density at radius 3 is 2.75 bits per heavy atom. The van der Waals surface area contributed by atoms with Gasteiger partial charge in [-0.05, 0) is 25.1 Å². The van der Waals surface area contributed by atoms with Crippen LogP contribution in [-0.2, 0) is 0 Å². The zero-order chi connectivity index (χ0) is 11.7. The van der Waals surface area contributed by atoms with Gasteiger partial charge in [-0.15, -0.1) is 11.6 Å². The molecule has 1 unspecified atom stereocenters. The van der Waals surface area contributed by atoms with Gasteiger partial charge in [0, 0.05) is 5.56 Å². The summed E-state index contributed by atoms with van der Waals surface area (Å²) in [4.78, 5) is 4.03. The Kier molecular flexibility index (Phi) is 3.12. The van der Waals surface area contributed by atoms with E-state index in [1.165, 1.54) is 12.1 Å². The number of hydrogen-bond donors (Lipinski definition) is 0. The summed E-state index contributed by atoms with van der Waals surface area (Å²) in [5.41, 5.74) is 0.470. The molecule has 0 aliphatic heterocycles. The van der Waals surface area contributed by atoms with Crippen LogP contribution in [0.15, 0.2) is 22.7 Å². The van der Waals surface area contributed by atoms with Crippen molar-refractivity contribution in [1.82, 2.24) is 10.1 Å². The highest BCUT2D eigenvalue weighted by atomic mass is 35.5. The maximum absolute atomic E-state index is 13.2. The van der Waals surface area contributed by atoms with Crippen molar-refractivity contribution in [2.45, 2.75) is 12.3 Å². The van der Waals surface area contributed by atoms with Crippen LogP contribution in [0.5, 0.6) is 0 Å². The highest BCUT2D eigenvalue weighted by Crippen LogP contribution is 2.25. The van der Waals surface area contributed by atoms with E-state index in [4.69, 9.17) is 27.7 Å². The van der Waals surface area contributed by atoms with Gasteiger partial charge >= 0.3 is 0 Å². The van der Waals surface area contributed by atoms with E-state index in [0.29, 0.717) is 11.4 Å². The molecule has 0 spiro atoms. The van der Waals surface area contributed by atoms with E-state index in [-0.39, 0.29) is 16.3 Å². The third-order valence-electron chi connectivity index (χ3n) is 1.96. The van der Waals surface area contributed by atoms with E-state index in [1.807, 2.05) is 0 Å². The number of nitrogens with zero attached hydrogens (tertiary/aromatic N) is 2. The second-order valence-corrected chi connectivity index (χ2v) is 4.26. The summed E-state index contributed by atoms with van der Waals surface area (Å²) in [6.07, 6.45) is 0. The first kappa shape index (κ1) is 11.4. The number of aromatic nitrogens is 2. The van der Waals surface area contributed by atoms with Gasteiger partial charge in [0.1, 0.15) is 5.82 Å². The molecule has 2 aromatic rings. The molecular formula is C10H7Cl2FN2O. The van der Waals surface area contributed by atoms with Gasteiger partial charge in [-0.3, -0.25) is 0 Å². The maximum atomic E-state index is 13.2. The highest BCUT2D eigenvalue weighted by molar-refractivity contribution is 6.30.